The molecule has 34 heavy (non-hydrogen) atoms. The lowest BCUT2D eigenvalue weighted by atomic mass is 9.99. The number of aliphatic hydroxyl groups is 3. The van der Waals surface area contributed by atoms with Crippen LogP contribution in [0, 0.1) is 0 Å². The zero-order valence-electron chi connectivity index (χ0n) is 24.4. The number of aryl methyl sites for hydroxylation is 2. The van der Waals surface area contributed by atoms with Crippen LogP contribution < -0.4 is 9.64 Å². The Labute approximate surface area is 207 Å². The third-order valence-electron chi connectivity index (χ3n) is 6.12. The second-order valence-electron chi connectivity index (χ2n) is 8.43. The summed E-state index contributed by atoms with van der Waals surface area (Å²) < 4.78 is 56.7. The van der Waals surface area contributed by atoms with Crippen molar-refractivity contribution in [3.05, 3.63) is 53.6 Å². The van der Waals surface area contributed by atoms with Crippen molar-refractivity contribution in [2.45, 2.75) is 50.0 Å². The normalized spacial score (nSPS) is 29.9. The third kappa shape index (κ3) is 5.03. The maximum Gasteiger partial charge on any atom is 0.335 e. The lowest BCUT2D eigenvalue weighted by Gasteiger charge is -2.38. The third-order valence-corrected chi connectivity index (χ3v) is 6.12. The summed E-state index contributed by atoms with van der Waals surface area (Å²) >= 11 is 0. The standard InChI is InChI=1S/C25H32N2O7/c1-26(2)12-5-13-27-18-7-4-3-6-15(18)8-9-16-14-17(10-11-19(16)27)33-25-22(30)20(28)21(29)23(34-25)24(31)32/h3-4,6-7,10-11,14,20-23,25,28-30H,5,8-9,12-13H2,1-2H3,(H,31,32)/i1D3,2D3. The largest absolute Gasteiger partial charge is 0.479 e. The molecule has 184 valence electrons. The minimum atomic E-state index is -2.78. The van der Waals surface area contributed by atoms with Crippen molar-refractivity contribution in [2.24, 2.45) is 0 Å². The van der Waals surface area contributed by atoms with E-state index in [1.807, 2.05) is 29.2 Å². The summed E-state index contributed by atoms with van der Waals surface area (Å²) in [6, 6.07) is 12.7. The number of para-hydroxylation sites is 1. The van der Waals surface area contributed by atoms with Crippen LogP contribution >= 0.6 is 0 Å². The van der Waals surface area contributed by atoms with Gasteiger partial charge in [-0.05, 0) is 75.2 Å². The summed E-state index contributed by atoms with van der Waals surface area (Å²) in [5, 5.41) is 39.6. The minimum absolute atomic E-state index is 0.183. The Hall–Kier alpha value is -2.69. The molecule has 0 spiro atoms. The topological polar surface area (TPSA) is 123 Å². The van der Waals surface area contributed by atoms with Crippen molar-refractivity contribution in [1.82, 2.24) is 4.90 Å². The van der Waals surface area contributed by atoms with Gasteiger partial charge in [-0.15, -0.1) is 0 Å². The van der Waals surface area contributed by atoms with Gasteiger partial charge in [-0.3, -0.25) is 0 Å². The van der Waals surface area contributed by atoms with Crippen molar-refractivity contribution in [1.29, 1.82) is 0 Å². The first-order chi connectivity index (χ1) is 18.7. The fraction of sp³-hybridized carbons (Fsp3) is 0.480. The Kier molecular flexibility index (Phi) is 5.36. The first-order valence-electron chi connectivity index (χ1n) is 14.0. The molecule has 0 bridgehead atoms. The van der Waals surface area contributed by atoms with E-state index in [9.17, 15) is 25.2 Å². The number of carbonyl (C=O) groups is 1. The van der Waals surface area contributed by atoms with Gasteiger partial charge in [0.1, 0.15) is 24.1 Å². The minimum Gasteiger partial charge on any atom is -0.479 e. The molecule has 4 N–H and O–H groups in total. The number of benzene rings is 2. The van der Waals surface area contributed by atoms with Gasteiger partial charge in [0.15, 0.2) is 6.10 Å². The molecule has 0 aromatic heterocycles. The van der Waals surface area contributed by atoms with Gasteiger partial charge in [-0.1, -0.05) is 18.2 Å². The van der Waals surface area contributed by atoms with Crippen LogP contribution in [0.1, 0.15) is 25.8 Å². The van der Waals surface area contributed by atoms with E-state index in [-0.39, 0.29) is 18.7 Å². The maximum absolute atomic E-state index is 11.4. The Balaban J connectivity index is 1.58. The number of fused-ring (bicyclic) bond motifs is 2. The molecule has 1 saturated heterocycles. The number of aliphatic carboxylic acids is 1. The molecule has 0 saturated carbocycles. The molecule has 9 heteroatoms. The van der Waals surface area contributed by atoms with Crippen LogP contribution in [-0.4, -0.2) is 89.0 Å². The van der Waals surface area contributed by atoms with Crippen molar-refractivity contribution in [3.63, 3.8) is 0 Å². The lowest BCUT2D eigenvalue weighted by molar-refractivity contribution is -0.271. The molecular formula is C25H32N2O7. The van der Waals surface area contributed by atoms with Crippen molar-refractivity contribution < 1.29 is 42.9 Å². The predicted molar refractivity (Wildman–Crippen MR) is 125 cm³/mol. The smallest absolute Gasteiger partial charge is 0.335 e. The quantitative estimate of drug-likeness (QED) is 0.464. The number of carboxylic acid groups (broad SMARTS) is 1. The lowest BCUT2D eigenvalue weighted by Crippen LogP contribution is -2.61. The van der Waals surface area contributed by atoms with Crippen LogP contribution in [0.2, 0.25) is 0 Å². The van der Waals surface area contributed by atoms with Crippen LogP contribution in [0.25, 0.3) is 0 Å². The van der Waals surface area contributed by atoms with E-state index >= 15 is 0 Å². The number of hydrogen-bond donors (Lipinski definition) is 4. The number of ether oxygens (including phenoxy) is 2. The van der Waals surface area contributed by atoms with Crippen LogP contribution in [0.15, 0.2) is 42.5 Å². The Morgan fingerprint density at radius 1 is 1.09 bits per heavy atom. The van der Waals surface area contributed by atoms with Gasteiger partial charge in [-0.2, -0.15) is 0 Å². The van der Waals surface area contributed by atoms with Gasteiger partial charge in [0.05, 0.1) is 0 Å². The molecule has 2 heterocycles. The fourth-order valence-corrected chi connectivity index (χ4v) is 4.39. The highest BCUT2D eigenvalue weighted by Gasteiger charge is 2.48. The highest BCUT2D eigenvalue weighted by Crippen LogP contribution is 2.38. The van der Waals surface area contributed by atoms with Gasteiger partial charge in [0, 0.05) is 26.1 Å². The first kappa shape index (κ1) is 17.7. The van der Waals surface area contributed by atoms with Crippen LogP contribution in [-0.2, 0) is 22.4 Å². The molecular weight excluding hydrogens is 440 g/mol. The van der Waals surface area contributed by atoms with Gasteiger partial charge < -0.3 is 39.7 Å². The van der Waals surface area contributed by atoms with E-state index in [4.69, 9.17) is 17.7 Å². The average molecular weight is 479 g/mol. The molecule has 2 aromatic rings. The van der Waals surface area contributed by atoms with Crippen molar-refractivity contribution in [2.75, 3.05) is 31.9 Å². The van der Waals surface area contributed by atoms with Crippen molar-refractivity contribution >= 4 is 17.3 Å². The SMILES string of the molecule is [2H]C([2H])([2H])N(CCCN1c2ccccc2CCc2cc(OC3OC(C(=O)O)C(O)C(O)C3O)ccc21)C([2H])([2H])[2H]. The average Bonchev–Trinajstić information content (AvgIpc) is 3.02. The van der Waals surface area contributed by atoms with Crippen LogP contribution in [0.4, 0.5) is 11.4 Å². The maximum atomic E-state index is 11.4. The Morgan fingerprint density at radius 2 is 1.82 bits per heavy atom. The predicted octanol–water partition coefficient (Wildman–Crippen LogP) is 1.15. The van der Waals surface area contributed by atoms with Gasteiger partial charge in [0.25, 0.3) is 0 Å². The zero-order chi connectivity index (χ0) is 29.4. The van der Waals surface area contributed by atoms with E-state index < -0.39 is 50.6 Å². The van der Waals surface area contributed by atoms with Gasteiger partial charge in [-0.25, -0.2) is 4.79 Å². The van der Waals surface area contributed by atoms with E-state index in [2.05, 4.69) is 0 Å². The summed E-state index contributed by atoms with van der Waals surface area (Å²) in [7, 11) is 0. The number of carboxylic acids is 1. The summed E-state index contributed by atoms with van der Waals surface area (Å²) in [6.07, 6.45) is -7.20. The number of aliphatic hydroxyl groups excluding tert-OH is 3. The van der Waals surface area contributed by atoms with E-state index in [0.29, 0.717) is 24.3 Å². The zero-order valence-corrected chi connectivity index (χ0v) is 18.4. The monoisotopic (exact) mass is 478 g/mol. The highest BCUT2D eigenvalue weighted by molar-refractivity contribution is 5.73. The first-order valence-corrected chi connectivity index (χ1v) is 11.0. The fourth-order valence-electron chi connectivity index (χ4n) is 4.39. The molecule has 2 aromatic carbocycles. The molecule has 5 atom stereocenters. The molecule has 0 radical (unpaired) electrons. The van der Waals surface area contributed by atoms with Gasteiger partial charge in [0.2, 0.25) is 6.29 Å². The molecule has 5 unspecified atom stereocenters. The van der Waals surface area contributed by atoms with Gasteiger partial charge >= 0.3 is 5.97 Å². The van der Waals surface area contributed by atoms with E-state index in [1.165, 1.54) is 0 Å². The molecule has 0 aliphatic carbocycles. The number of nitrogens with zero attached hydrogens (tertiary/aromatic N) is 2. The second-order valence-corrected chi connectivity index (χ2v) is 8.43. The molecule has 1 fully saturated rings. The van der Waals surface area contributed by atoms with Crippen LogP contribution in [0.5, 0.6) is 5.75 Å². The summed E-state index contributed by atoms with van der Waals surface area (Å²) in [5.74, 6) is -1.28. The van der Waals surface area contributed by atoms with Crippen LogP contribution in [0.3, 0.4) is 0 Å². The Bertz CT molecular complexity index is 1200. The summed E-state index contributed by atoms with van der Waals surface area (Å²) in [5.41, 5.74) is 3.56. The number of hydrogen-bond acceptors (Lipinski definition) is 8. The molecule has 2 aliphatic rings. The summed E-state index contributed by atoms with van der Waals surface area (Å²) in [6.45, 7) is -5.41. The van der Waals surface area contributed by atoms with E-state index in [0.717, 1.165) is 22.5 Å². The summed E-state index contributed by atoms with van der Waals surface area (Å²) in [4.78, 5) is 13.9. The molecule has 4 rings (SSSR count). The molecule has 9 nitrogen and oxygen atoms in total. The second kappa shape index (κ2) is 10.3. The molecule has 2 aliphatic heterocycles. The highest BCUT2D eigenvalue weighted by atomic mass is 16.7. The number of anilines is 2. The molecule has 0 amide bonds. The Morgan fingerprint density at radius 3 is 2.59 bits per heavy atom. The van der Waals surface area contributed by atoms with Crippen molar-refractivity contribution in [3.8, 4) is 5.75 Å². The number of rotatable bonds is 7. The van der Waals surface area contributed by atoms with E-state index in [1.54, 1.807) is 18.2 Å².